The molecule has 0 saturated carbocycles. The zero-order chi connectivity index (χ0) is 13.8. The van der Waals surface area contributed by atoms with Gasteiger partial charge in [0.2, 0.25) is 5.95 Å². The number of nitrogens with one attached hydrogen (secondary N) is 1. The number of aromatic nitrogens is 2. The second-order valence-corrected chi connectivity index (χ2v) is 5.30. The van der Waals surface area contributed by atoms with Crippen molar-refractivity contribution >= 4 is 5.95 Å². The number of nitrogens with zero attached hydrogens (tertiary/aromatic N) is 3. The smallest absolute Gasteiger partial charge is 0.224 e. The van der Waals surface area contributed by atoms with Crippen LogP contribution in [0.5, 0.6) is 0 Å². The second-order valence-electron chi connectivity index (χ2n) is 5.30. The zero-order valence-electron chi connectivity index (χ0n) is 11.6. The minimum absolute atomic E-state index is 0.0314. The molecular formula is C13H20N4O. The van der Waals surface area contributed by atoms with Crippen molar-refractivity contribution in [3.05, 3.63) is 17.5 Å². The third kappa shape index (κ3) is 3.97. The Hall–Kier alpha value is -1.67. The summed E-state index contributed by atoms with van der Waals surface area (Å²) in [5, 5.41) is 12.0. The van der Waals surface area contributed by atoms with Crippen molar-refractivity contribution in [3.8, 4) is 6.07 Å². The number of rotatable bonds is 4. The Balaban J connectivity index is 2.74. The van der Waals surface area contributed by atoms with E-state index in [1.54, 1.807) is 13.2 Å². The molecule has 1 rings (SSSR count). The fourth-order valence-electron chi connectivity index (χ4n) is 1.63. The van der Waals surface area contributed by atoms with Gasteiger partial charge in [0.05, 0.1) is 6.10 Å². The lowest BCUT2D eigenvalue weighted by Gasteiger charge is -2.29. The van der Waals surface area contributed by atoms with E-state index in [1.165, 1.54) is 0 Å². The zero-order valence-corrected chi connectivity index (χ0v) is 11.6. The van der Waals surface area contributed by atoms with Crippen LogP contribution in [0.15, 0.2) is 6.07 Å². The quantitative estimate of drug-likeness (QED) is 0.883. The molecule has 1 aromatic rings. The lowest BCUT2D eigenvalue weighted by atomic mass is 9.89. The highest BCUT2D eigenvalue weighted by Gasteiger charge is 2.24. The van der Waals surface area contributed by atoms with Gasteiger partial charge in [-0.3, -0.25) is 0 Å². The molecular weight excluding hydrogens is 228 g/mol. The molecule has 0 aliphatic carbocycles. The highest BCUT2D eigenvalue weighted by molar-refractivity contribution is 5.33. The van der Waals surface area contributed by atoms with Crippen molar-refractivity contribution in [2.24, 2.45) is 5.41 Å². The summed E-state index contributed by atoms with van der Waals surface area (Å²) in [5.74, 6) is 0.470. The minimum Gasteiger partial charge on any atom is -0.379 e. The van der Waals surface area contributed by atoms with Crippen LogP contribution in [0.4, 0.5) is 5.95 Å². The Morgan fingerprint density at radius 1 is 1.44 bits per heavy atom. The average Bonchev–Trinajstić information content (AvgIpc) is 2.27. The molecule has 1 heterocycles. The van der Waals surface area contributed by atoms with E-state index >= 15 is 0 Å². The summed E-state index contributed by atoms with van der Waals surface area (Å²) >= 11 is 0. The molecule has 1 unspecified atom stereocenters. The molecule has 0 radical (unpaired) electrons. The molecule has 1 atom stereocenters. The fraction of sp³-hybridized carbons (Fsp3) is 0.615. The predicted octanol–water partition coefficient (Wildman–Crippen LogP) is 2.13. The fourth-order valence-corrected chi connectivity index (χ4v) is 1.63. The monoisotopic (exact) mass is 248 g/mol. The first-order chi connectivity index (χ1) is 8.36. The maximum Gasteiger partial charge on any atom is 0.224 e. The van der Waals surface area contributed by atoms with Crippen LogP contribution < -0.4 is 5.32 Å². The van der Waals surface area contributed by atoms with Crippen molar-refractivity contribution in [1.82, 2.24) is 9.97 Å². The maximum atomic E-state index is 8.85. The number of hydrogen-bond acceptors (Lipinski definition) is 5. The van der Waals surface area contributed by atoms with Crippen LogP contribution in [0.25, 0.3) is 0 Å². The normalized spacial score (nSPS) is 12.9. The summed E-state index contributed by atoms with van der Waals surface area (Å²) in [6.45, 7) is 8.78. The number of methoxy groups -OCH3 is 1. The van der Waals surface area contributed by atoms with Crippen molar-refractivity contribution in [2.45, 2.75) is 33.8 Å². The SMILES string of the molecule is COC(CNc1nc(C)cc(C#N)n1)C(C)(C)C. The Bertz CT molecular complexity index is 445. The maximum absolute atomic E-state index is 8.85. The van der Waals surface area contributed by atoms with E-state index in [-0.39, 0.29) is 11.5 Å². The molecule has 0 amide bonds. The van der Waals surface area contributed by atoms with Crippen molar-refractivity contribution < 1.29 is 4.74 Å². The molecule has 0 aliphatic heterocycles. The molecule has 98 valence electrons. The second kappa shape index (κ2) is 5.78. The van der Waals surface area contributed by atoms with Crippen molar-refractivity contribution in [3.63, 3.8) is 0 Å². The summed E-state index contributed by atoms with van der Waals surface area (Å²) in [5.41, 5.74) is 1.17. The average molecular weight is 248 g/mol. The van der Waals surface area contributed by atoms with Crippen LogP contribution >= 0.6 is 0 Å². The van der Waals surface area contributed by atoms with Crippen LogP contribution in [0.2, 0.25) is 0 Å². The Morgan fingerprint density at radius 2 is 2.11 bits per heavy atom. The number of anilines is 1. The largest absolute Gasteiger partial charge is 0.379 e. The lowest BCUT2D eigenvalue weighted by Crippen LogP contribution is -2.35. The molecule has 0 aromatic carbocycles. The van der Waals surface area contributed by atoms with Gasteiger partial charge in [-0.05, 0) is 18.4 Å². The van der Waals surface area contributed by atoms with E-state index < -0.39 is 0 Å². The van der Waals surface area contributed by atoms with Crippen LogP contribution in [0, 0.1) is 23.7 Å². The van der Waals surface area contributed by atoms with Gasteiger partial charge < -0.3 is 10.1 Å². The number of nitriles is 1. The molecule has 0 bridgehead atoms. The molecule has 18 heavy (non-hydrogen) atoms. The van der Waals surface area contributed by atoms with E-state index in [2.05, 4.69) is 36.1 Å². The van der Waals surface area contributed by atoms with Gasteiger partial charge in [-0.15, -0.1) is 0 Å². The van der Waals surface area contributed by atoms with Crippen LogP contribution in [-0.4, -0.2) is 29.7 Å². The Morgan fingerprint density at radius 3 is 2.61 bits per heavy atom. The van der Waals surface area contributed by atoms with Gasteiger partial charge in [0.15, 0.2) is 0 Å². The molecule has 5 nitrogen and oxygen atoms in total. The summed E-state index contributed by atoms with van der Waals surface area (Å²) < 4.78 is 5.44. The van der Waals surface area contributed by atoms with E-state index in [9.17, 15) is 0 Å². The topological polar surface area (TPSA) is 70.8 Å². The van der Waals surface area contributed by atoms with Crippen molar-refractivity contribution in [1.29, 1.82) is 5.26 Å². The summed E-state index contributed by atoms with van der Waals surface area (Å²) in [7, 11) is 1.69. The highest BCUT2D eigenvalue weighted by Crippen LogP contribution is 2.21. The molecule has 1 N–H and O–H groups in total. The van der Waals surface area contributed by atoms with Crippen LogP contribution in [0.1, 0.15) is 32.2 Å². The summed E-state index contributed by atoms with van der Waals surface area (Å²) in [6, 6.07) is 3.67. The predicted molar refractivity (Wildman–Crippen MR) is 70.2 cm³/mol. The molecule has 0 spiro atoms. The first-order valence-corrected chi connectivity index (χ1v) is 5.89. The van der Waals surface area contributed by atoms with Crippen LogP contribution in [-0.2, 0) is 4.74 Å². The highest BCUT2D eigenvalue weighted by atomic mass is 16.5. The van der Waals surface area contributed by atoms with Crippen LogP contribution in [0.3, 0.4) is 0 Å². The first-order valence-electron chi connectivity index (χ1n) is 5.89. The molecule has 0 aliphatic rings. The third-order valence-corrected chi connectivity index (χ3v) is 2.66. The van der Waals surface area contributed by atoms with Gasteiger partial charge >= 0.3 is 0 Å². The number of hydrogen-bond donors (Lipinski definition) is 1. The van der Waals surface area contributed by atoms with E-state index in [0.29, 0.717) is 18.2 Å². The van der Waals surface area contributed by atoms with E-state index in [1.807, 2.05) is 13.0 Å². The number of ether oxygens (including phenoxy) is 1. The van der Waals surface area contributed by atoms with Gasteiger partial charge in [-0.1, -0.05) is 20.8 Å². The first kappa shape index (κ1) is 14.4. The van der Waals surface area contributed by atoms with Gasteiger partial charge in [-0.25, -0.2) is 9.97 Å². The van der Waals surface area contributed by atoms with Gasteiger partial charge in [0, 0.05) is 19.3 Å². The Kier molecular flexibility index (Phi) is 4.62. The van der Waals surface area contributed by atoms with E-state index in [4.69, 9.17) is 10.00 Å². The van der Waals surface area contributed by atoms with E-state index in [0.717, 1.165) is 5.69 Å². The Labute approximate surface area is 108 Å². The number of aryl methyl sites for hydroxylation is 1. The molecule has 1 aromatic heterocycles. The van der Waals surface area contributed by atoms with Gasteiger partial charge in [0.25, 0.3) is 0 Å². The van der Waals surface area contributed by atoms with Gasteiger partial charge in [-0.2, -0.15) is 5.26 Å². The minimum atomic E-state index is 0.0314. The molecule has 0 fully saturated rings. The standard InChI is InChI=1S/C13H20N4O/c1-9-6-10(7-14)17-12(16-9)15-8-11(18-5)13(2,3)4/h6,11H,8H2,1-5H3,(H,15,16,17). The molecule has 0 saturated heterocycles. The third-order valence-electron chi connectivity index (χ3n) is 2.66. The van der Waals surface area contributed by atoms with Gasteiger partial charge in [0.1, 0.15) is 11.8 Å². The molecule has 5 heteroatoms. The lowest BCUT2D eigenvalue weighted by molar-refractivity contribution is 0.0268. The van der Waals surface area contributed by atoms with Crippen molar-refractivity contribution in [2.75, 3.05) is 19.0 Å². The summed E-state index contributed by atoms with van der Waals surface area (Å²) in [6.07, 6.45) is 0.0483. The summed E-state index contributed by atoms with van der Waals surface area (Å²) in [4.78, 5) is 8.34.